The largest absolute Gasteiger partial charge is 0.384 e. The molecule has 0 radical (unpaired) electrons. The molecule has 0 amide bonds. The number of nitrogens with two attached hydrogens (primary N) is 1. The van der Waals surface area contributed by atoms with Crippen LogP contribution in [0, 0.1) is 0 Å². The first kappa shape index (κ1) is 10.2. The van der Waals surface area contributed by atoms with E-state index < -0.39 is 0 Å². The van der Waals surface area contributed by atoms with Crippen LogP contribution in [0.15, 0.2) is 18.2 Å². The van der Waals surface area contributed by atoms with E-state index in [2.05, 4.69) is 20.5 Å². The van der Waals surface area contributed by atoms with Crippen molar-refractivity contribution in [2.75, 3.05) is 18.9 Å². The summed E-state index contributed by atoms with van der Waals surface area (Å²) in [6, 6.07) is 5.59. The van der Waals surface area contributed by atoms with Gasteiger partial charge in [0.2, 0.25) is 5.82 Å². The Bertz CT molecular complexity index is 519. The van der Waals surface area contributed by atoms with Gasteiger partial charge in [0.1, 0.15) is 11.5 Å². The zero-order chi connectivity index (χ0) is 11.7. The predicted molar refractivity (Wildman–Crippen MR) is 59.9 cm³/mol. The molecule has 2 aromatic rings. The molecule has 3 rings (SSSR count). The number of tetrazole rings is 1. The summed E-state index contributed by atoms with van der Waals surface area (Å²) < 4.78 is 7.09. The molecule has 88 valence electrons. The van der Waals surface area contributed by atoms with Crippen LogP contribution in [0.25, 0.3) is 11.5 Å². The van der Waals surface area contributed by atoms with Crippen LogP contribution in [0.2, 0.25) is 0 Å². The molecule has 0 aromatic carbocycles. The summed E-state index contributed by atoms with van der Waals surface area (Å²) in [6.07, 6.45) is 0.917. The molecule has 1 fully saturated rings. The number of hydrogen-bond donors (Lipinski definition) is 1. The fourth-order valence-electron chi connectivity index (χ4n) is 1.90. The number of rotatable bonds is 2. The van der Waals surface area contributed by atoms with Crippen molar-refractivity contribution >= 4 is 5.82 Å². The molecule has 1 atom stereocenters. The molecule has 2 N–H and O–H groups in total. The van der Waals surface area contributed by atoms with Crippen molar-refractivity contribution < 1.29 is 4.74 Å². The third-order valence-electron chi connectivity index (χ3n) is 2.74. The van der Waals surface area contributed by atoms with Gasteiger partial charge in [-0.1, -0.05) is 6.07 Å². The minimum absolute atomic E-state index is 0.184. The van der Waals surface area contributed by atoms with E-state index in [1.807, 2.05) is 12.1 Å². The predicted octanol–water partition coefficient (Wildman–Crippen LogP) is 0.279. The van der Waals surface area contributed by atoms with Crippen molar-refractivity contribution in [3.63, 3.8) is 0 Å². The van der Waals surface area contributed by atoms with Gasteiger partial charge in [-0.05, 0) is 29.0 Å². The van der Waals surface area contributed by atoms with Crippen LogP contribution in [0.1, 0.15) is 12.5 Å². The Morgan fingerprint density at radius 1 is 1.41 bits per heavy atom. The maximum Gasteiger partial charge on any atom is 0.201 e. The van der Waals surface area contributed by atoms with E-state index in [4.69, 9.17) is 10.5 Å². The summed E-state index contributed by atoms with van der Waals surface area (Å²) in [4.78, 5) is 4.22. The molecule has 3 heterocycles. The molecule has 7 nitrogen and oxygen atoms in total. The van der Waals surface area contributed by atoms with Crippen molar-refractivity contribution in [3.8, 4) is 11.5 Å². The Morgan fingerprint density at radius 3 is 3.12 bits per heavy atom. The Hall–Kier alpha value is -2.02. The maximum absolute atomic E-state index is 5.65. The Balaban J connectivity index is 2.00. The molecule has 0 spiro atoms. The van der Waals surface area contributed by atoms with Crippen molar-refractivity contribution in [1.82, 2.24) is 25.2 Å². The van der Waals surface area contributed by atoms with Crippen LogP contribution in [0.5, 0.6) is 0 Å². The average molecular weight is 232 g/mol. The minimum Gasteiger partial charge on any atom is -0.384 e. The first-order valence-corrected chi connectivity index (χ1v) is 5.43. The molecular formula is C10H12N6O. The molecule has 7 heteroatoms. The molecular weight excluding hydrogens is 220 g/mol. The van der Waals surface area contributed by atoms with E-state index in [0.717, 1.165) is 13.0 Å². The second-order valence-electron chi connectivity index (χ2n) is 3.91. The lowest BCUT2D eigenvalue weighted by Gasteiger charge is -2.09. The molecule has 0 unspecified atom stereocenters. The molecule has 0 aliphatic carbocycles. The highest BCUT2D eigenvalue weighted by Crippen LogP contribution is 2.23. The highest BCUT2D eigenvalue weighted by molar-refractivity contribution is 5.51. The first-order chi connectivity index (χ1) is 8.34. The lowest BCUT2D eigenvalue weighted by molar-refractivity contribution is 0.184. The van der Waals surface area contributed by atoms with Crippen LogP contribution < -0.4 is 5.73 Å². The van der Waals surface area contributed by atoms with E-state index in [1.165, 1.54) is 0 Å². The summed E-state index contributed by atoms with van der Waals surface area (Å²) in [6.45, 7) is 1.38. The quantitative estimate of drug-likeness (QED) is 0.799. The van der Waals surface area contributed by atoms with Gasteiger partial charge in [-0.15, -0.1) is 5.10 Å². The van der Waals surface area contributed by atoms with E-state index in [-0.39, 0.29) is 6.04 Å². The van der Waals surface area contributed by atoms with Crippen LogP contribution in [-0.2, 0) is 4.74 Å². The monoisotopic (exact) mass is 232 g/mol. The average Bonchev–Trinajstić information content (AvgIpc) is 3.00. The lowest BCUT2D eigenvalue weighted by Crippen LogP contribution is -2.12. The molecule has 1 aliphatic heterocycles. The van der Waals surface area contributed by atoms with E-state index in [9.17, 15) is 0 Å². The third kappa shape index (κ3) is 1.84. The number of nitrogen functional groups attached to an aromatic ring is 1. The highest BCUT2D eigenvalue weighted by Gasteiger charge is 2.23. The van der Waals surface area contributed by atoms with Crippen molar-refractivity contribution in [2.45, 2.75) is 12.5 Å². The van der Waals surface area contributed by atoms with Gasteiger partial charge in [-0.2, -0.15) is 0 Å². The summed E-state index contributed by atoms with van der Waals surface area (Å²) in [5.41, 5.74) is 6.34. The lowest BCUT2D eigenvalue weighted by atomic mass is 10.2. The Kier molecular flexibility index (Phi) is 2.45. The van der Waals surface area contributed by atoms with Gasteiger partial charge in [0.15, 0.2) is 0 Å². The Labute approximate surface area is 97.6 Å². The molecule has 1 saturated heterocycles. The number of pyridine rings is 1. The topological polar surface area (TPSA) is 91.7 Å². The number of hydrogen-bond acceptors (Lipinski definition) is 6. The fourth-order valence-corrected chi connectivity index (χ4v) is 1.90. The summed E-state index contributed by atoms with van der Waals surface area (Å²) in [5, 5.41) is 11.7. The fraction of sp³-hybridized carbons (Fsp3) is 0.400. The zero-order valence-electron chi connectivity index (χ0n) is 9.15. The van der Waals surface area contributed by atoms with Gasteiger partial charge in [0.25, 0.3) is 0 Å². The van der Waals surface area contributed by atoms with Gasteiger partial charge < -0.3 is 10.5 Å². The summed E-state index contributed by atoms with van der Waals surface area (Å²) >= 11 is 0. The normalized spacial score (nSPS) is 19.6. The van der Waals surface area contributed by atoms with Crippen LogP contribution in [0.3, 0.4) is 0 Å². The minimum atomic E-state index is 0.184. The van der Waals surface area contributed by atoms with Crippen LogP contribution >= 0.6 is 0 Å². The standard InChI is InChI=1S/C10H12N6O/c11-9-3-1-2-8(12-9)10-13-14-15-16(10)7-4-5-17-6-7/h1-3,7H,4-6H2,(H2,11,12)/t7-/m1/s1. The van der Waals surface area contributed by atoms with Crippen LogP contribution in [0.4, 0.5) is 5.82 Å². The third-order valence-corrected chi connectivity index (χ3v) is 2.74. The summed E-state index contributed by atoms with van der Waals surface area (Å²) in [7, 11) is 0. The van der Waals surface area contributed by atoms with E-state index in [0.29, 0.717) is 23.9 Å². The van der Waals surface area contributed by atoms with Gasteiger partial charge in [0.05, 0.1) is 12.6 Å². The molecule has 0 bridgehead atoms. The second-order valence-corrected chi connectivity index (χ2v) is 3.91. The molecule has 1 aliphatic rings. The Morgan fingerprint density at radius 2 is 2.35 bits per heavy atom. The van der Waals surface area contributed by atoms with Gasteiger partial charge in [-0.3, -0.25) is 0 Å². The SMILES string of the molecule is Nc1cccc(-c2nnnn2[C@@H]2CCOC2)n1. The molecule has 2 aromatic heterocycles. The first-order valence-electron chi connectivity index (χ1n) is 5.43. The van der Waals surface area contributed by atoms with Gasteiger partial charge in [0, 0.05) is 6.61 Å². The van der Waals surface area contributed by atoms with Gasteiger partial charge in [-0.25, -0.2) is 9.67 Å². The second kappa shape index (κ2) is 4.10. The van der Waals surface area contributed by atoms with Gasteiger partial charge >= 0.3 is 0 Å². The number of anilines is 1. The van der Waals surface area contributed by atoms with E-state index >= 15 is 0 Å². The number of aromatic nitrogens is 5. The van der Waals surface area contributed by atoms with Crippen molar-refractivity contribution in [1.29, 1.82) is 0 Å². The summed E-state index contributed by atoms with van der Waals surface area (Å²) in [5.74, 6) is 1.09. The maximum atomic E-state index is 5.65. The van der Waals surface area contributed by atoms with Crippen LogP contribution in [-0.4, -0.2) is 38.4 Å². The zero-order valence-corrected chi connectivity index (χ0v) is 9.15. The molecule has 0 saturated carbocycles. The van der Waals surface area contributed by atoms with E-state index in [1.54, 1.807) is 10.7 Å². The number of ether oxygens (including phenoxy) is 1. The van der Waals surface area contributed by atoms with Crippen molar-refractivity contribution in [3.05, 3.63) is 18.2 Å². The molecule has 17 heavy (non-hydrogen) atoms. The van der Waals surface area contributed by atoms with Crippen molar-refractivity contribution in [2.24, 2.45) is 0 Å². The number of nitrogens with zero attached hydrogens (tertiary/aromatic N) is 5. The smallest absolute Gasteiger partial charge is 0.201 e. The highest BCUT2D eigenvalue weighted by atomic mass is 16.5.